The van der Waals surface area contributed by atoms with Crippen molar-refractivity contribution in [2.45, 2.75) is 13.8 Å². The molecule has 0 radical (unpaired) electrons. The van der Waals surface area contributed by atoms with Gasteiger partial charge >= 0.3 is 5.97 Å². The van der Waals surface area contributed by atoms with E-state index in [2.05, 4.69) is 4.89 Å². The third kappa shape index (κ3) is 610. The van der Waals surface area contributed by atoms with Crippen LogP contribution in [0.3, 0.4) is 0 Å². The zero-order valence-electron chi connectivity index (χ0n) is 6.12. The van der Waals surface area contributed by atoms with Gasteiger partial charge in [0.25, 0.3) is 5.97 Å². The maximum atomic E-state index is 9.34. The van der Waals surface area contributed by atoms with Crippen LogP contribution < -0.4 is 0 Å². The fraction of sp³-hybridized carbons (Fsp3) is 0.500. The molecule has 0 atom stereocenters. The molecule has 0 fully saturated rings. The number of carbonyl (C=O) groups is 2. The summed E-state index contributed by atoms with van der Waals surface area (Å²) in [6.07, 6.45) is 0. The molecule has 0 bridgehead atoms. The average Bonchev–Trinajstić information content (AvgIpc) is 1.65. The van der Waals surface area contributed by atoms with E-state index in [-0.39, 0.29) is 11.0 Å². The van der Waals surface area contributed by atoms with E-state index in [0.717, 1.165) is 13.8 Å². The van der Waals surface area contributed by atoms with E-state index < -0.39 is 11.9 Å². The van der Waals surface area contributed by atoms with Crippen LogP contribution in [0.25, 0.3) is 0 Å². The Morgan fingerprint density at radius 1 is 1.18 bits per heavy atom. The zero-order valence-corrected chi connectivity index (χ0v) is 6.12. The lowest BCUT2D eigenvalue weighted by atomic mass is 10.9. The van der Waals surface area contributed by atoms with Crippen LogP contribution in [-0.4, -0.2) is 33.3 Å². The van der Waals surface area contributed by atoms with Crippen LogP contribution in [0.5, 0.6) is 0 Å². The lowest BCUT2D eigenvalue weighted by Crippen LogP contribution is -1.89. The van der Waals surface area contributed by atoms with Crippen LogP contribution in [0.1, 0.15) is 13.8 Å². The van der Waals surface area contributed by atoms with Crippen molar-refractivity contribution < 1.29 is 35.8 Å². The molecule has 0 saturated heterocycles. The third-order valence-corrected chi connectivity index (χ3v) is 0.129. The molecular formula is C4H12O7. The molecule has 0 aliphatic rings. The van der Waals surface area contributed by atoms with Gasteiger partial charge < -0.3 is 20.9 Å². The minimum absolute atomic E-state index is 0. The molecule has 0 saturated carbocycles. The summed E-state index contributed by atoms with van der Waals surface area (Å²) in [7, 11) is 0. The van der Waals surface area contributed by atoms with Crippen molar-refractivity contribution >= 4 is 11.9 Å². The highest BCUT2D eigenvalue weighted by Gasteiger charge is 1.79. The molecule has 0 aromatic rings. The van der Waals surface area contributed by atoms with Crippen LogP contribution in [0.2, 0.25) is 0 Å². The summed E-state index contributed by atoms with van der Waals surface area (Å²) in [6, 6.07) is 0. The lowest BCUT2D eigenvalue weighted by molar-refractivity contribution is -0.231. The van der Waals surface area contributed by atoms with E-state index in [9.17, 15) is 4.79 Å². The van der Waals surface area contributed by atoms with Gasteiger partial charge in [-0.3, -0.25) is 4.79 Å². The van der Waals surface area contributed by atoms with E-state index in [1.807, 2.05) is 0 Å². The number of hydrogen-bond donors (Lipinski definition) is 2. The number of carboxylic acid groups (broad SMARTS) is 1. The average molecular weight is 172 g/mol. The Morgan fingerprint density at radius 2 is 1.27 bits per heavy atom. The van der Waals surface area contributed by atoms with Crippen molar-refractivity contribution in [3.8, 4) is 0 Å². The van der Waals surface area contributed by atoms with Crippen LogP contribution >= 0.6 is 0 Å². The van der Waals surface area contributed by atoms with Gasteiger partial charge in [0.1, 0.15) is 0 Å². The molecule has 0 aromatic carbocycles. The van der Waals surface area contributed by atoms with Gasteiger partial charge in [0, 0.05) is 13.8 Å². The summed E-state index contributed by atoms with van der Waals surface area (Å²) in [5.74, 6) is -1.52. The standard InChI is InChI=1S/C2H4O3.C2H4O2.2H2O/c1-2(3)5-4;1-2(3)4;;/h4H,1H3;1H3,(H,3,4);2*1H2. The Hall–Kier alpha value is -1.18. The third-order valence-electron chi connectivity index (χ3n) is 0.129. The van der Waals surface area contributed by atoms with Crippen LogP contribution in [-0.2, 0) is 14.5 Å². The zero-order chi connectivity index (χ0) is 7.86. The Bertz CT molecular complexity index is 94.6. The first-order valence-electron chi connectivity index (χ1n) is 2.02. The molecule has 7 nitrogen and oxygen atoms in total. The predicted molar refractivity (Wildman–Crippen MR) is 34.9 cm³/mol. The van der Waals surface area contributed by atoms with Crippen molar-refractivity contribution in [1.29, 1.82) is 0 Å². The van der Waals surface area contributed by atoms with Gasteiger partial charge in [0.05, 0.1) is 0 Å². The molecule has 0 spiro atoms. The first-order chi connectivity index (χ1) is 4.00. The highest BCUT2D eigenvalue weighted by Crippen LogP contribution is 1.59. The van der Waals surface area contributed by atoms with Gasteiger partial charge in [-0.2, -0.15) is 5.26 Å². The Balaban J connectivity index is -0.0000000383. The SMILES string of the molecule is CC(=O)O.CC(=O)OO.O.O. The molecule has 0 rings (SSSR count). The molecular weight excluding hydrogens is 160 g/mol. The predicted octanol–water partition coefficient (Wildman–Crippen LogP) is -1.54. The maximum absolute atomic E-state index is 9.34. The van der Waals surface area contributed by atoms with Crippen LogP contribution in [0.4, 0.5) is 0 Å². The van der Waals surface area contributed by atoms with Crippen molar-refractivity contribution in [3.05, 3.63) is 0 Å². The first kappa shape index (κ1) is 22.6. The van der Waals surface area contributed by atoms with Crippen molar-refractivity contribution in [2.24, 2.45) is 0 Å². The Labute approximate surface area is 62.8 Å². The normalized spacial score (nSPS) is 5.36. The minimum Gasteiger partial charge on any atom is -0.481 e. The molecule has 0 unspecified atom stereocenters. The summed E-state index contributed by atoms with van der Waals surface area (Å²) in [5.41, 5.74) is 0. The fourth-order valence-electron chi connectivity index (χ4n) is 0. The number of hydrogen-bond acceptors (Lipinski definition) is 4. The maximum Gasteiger partial charge on any atom is 0.339 e. The number of aliphatic carboxylic acids is 1. The van der Waals surface area contributed by atoms with Crippen molar-refractivity contribution in [3.63, 3.8) is 0 Å². The quantitative estimate of drug-likeness (QED) is 0.335. The lowest BCUT2D eigenvalue weighted by Gasteiger charge is -1.76. The molecule has 0 aliphatic heterocycles. The van der Waals surface area contributed by atoms with Crippen LogP contribution in [0.15, 0.2) is 0 Å². The molecule has 0 aliphatic carbocycles. The molecule has 11 heavy (non-hydrogen) atoms. The molecule has 6 N–H and O–H groups in total. The van der Waals surface area contributed by atoms with E-state index in [1.165, 1.54) is 0 Å². The summed E-state index contributed by atoms with van der Waals surface area (Å²) in [5, 5.41) is 14.7. The second-order valence-electron chi connectivity index (χ2n) is 1.10. The smallest absolute Gasteiger partial charge is 0.339 e. The number of carbonyl (C=O) groups excluding carboxylic acids is 1. The van der Waals surface area contributed by atoms with Gasteiger partial charge in [-0.25, -0.2) is 4.79 Å². The fourth-order valence-corrected chi connectivity index (χ4v) is 0. The molecule has 0 amide bonds. The number of carboxylic acids is 1. The van der Waals surface area contributed by atoms with E-state index in [1.54, 1.807) is 0 Å². The van der Waals surface area contributed by atoms with E-state index in [0.29, 0.717) is 0 Å². The highest BCUT2D eigenvalue weighted by atomic mass is 17.1. The summed E-state index contributed by atoms with van der Waals surface area (Å²) < 4.78 is 0. The first-order valence-corrected chi connectivity index (χ1v) is 2.02. The largest absolute Gasteiger partial charge is 0.481 e. The molecule has 70 valence electrons. The Kier molecular flexibility index (Phi) is 32.6. The van der Waals surface area contributed by atoms with Gasteiger partial charge in [0.15, 0.2) is 0 Å². The molecule has 0 heterocycles. The Morgan fingerprint density at radius 3 is 1.27 bits per heavy atom. The van der Waals surface area contributed by atoms with Gasteiger partial charge in [-0.05, 0) is 0 Å². The summed E-state index contributed by atoms with van der Waals surface area (Å²) in [4.78, 5) is 21.5. The highest BCUT2D eigenvalue weighted by molar-refractivity contribution is 5.64. The van der Waals surface area contributed by atoms with Crippen LogP contribution in [0, 0.1) is 0 Å². The minimum atomic E-state index is -0.833. The van der Waals surface area contributed by atoms with Gasteiger partial charge in [-0.1, -0.05) is 0 Å². The van der Waals surface area contributed by atoms with E-state index >= 15 is 0 Å². The second-order valence-corrected chi connectivity index (χ2v) is 1.10. The van der Waals surface area contributed by atoms with Gasteiger partial charge in [0.2, 0.25) is 0 Å². The van der Waals surface area contributed by atoms with Crippen molar-refractivity contribution in [1.82, 2.24) is 0 Å². The monoisotopic (exact) mass is 172 g/mol. The summed E-state index contributed by atoms with van der Waals surface area (Å²) >= 11 is 0. The van der Waals surface area contributed by atoms with Gasteiger partial charge in [-0.15, -0.1) is 0 Å². The van der Waals surface area contributed by atoms with Crippen molar-refractivity contribution in [2.75, 3.05) is 0 Å². The second kappa shape index (κ2) is 15.9. The van der Waals surface area contributed by atoms with E-state index in [4.69, 9.17) is 15.2 Å². The topological polar surface area (TPSA) is 147 Å². The molecule has 0 aromatic heterocycles. The number of rotatable bonds is 0. The molecule has 7 heteroatoms. The summed E-state index contributed by atoms with van der Waals surface area (Å²) in [6.45, 7) is 2.19.